The van der Waals surface area contributed by atoms with Crippen LogP contribution >= 0.6 is 11.3 Å². The van der Waals surface area contributed by atoms with Gasteiger partial charge in [0.2, 0.25) is 0 Å². The van der Waals surface area contributed by atoms with Crippen molar-refractivity contribution in [3.63, 3.8) is 0 Å². The topological polar surface area (TPSA) is 55.2 Å². The molecule has 2 aromatic rings. The van der Waals surface area contributed by atoms with Gasteiger partial charge in [0.25, 0.3) is 5.69 Å². The number of rotatable bonds is 6. The fourth-order valence-corrected chi connectivity index (χ4v) is 2.67. The summed E-state index contributed by atoms with van der Waals surface area (Å²) >= 11 is 1.76. The van der Waals surface area contributed by atoms with Crippen LogP contribution in [0.2, 0.25) is 0 Å². The number of non-ortho nitro benzene ring substituents is 1. The molecule has 2 rings (SSSR count). The van der Waals surface area contributed by atoms with Crippen LogP contribution in [-0.4, -0.2) is 11.0 Å². The molecule has 0 aliphatic heterocycles. The zero-order valence-corrected chi connectivity index (χ0v) is 11.5. The van der Waals surface area contributed by atoms with E-state index in [1.54, 1.807) is 35.6 Å². The van der Waals surface area contributed by atoms with Gasteiger partial charge in [-0.1, -0.05) is 18.2 Å². The zero-order valence-electron chi connectivity index (χ0n) is 10.7. The van der Waals surface area contributed by atoms with Gasteiger partial charge in [-0.15, -0.1) is 11.3 Å². The van der Waals surface area contributed by atoms with Gasteiger partial charge in [-0.05, 0) is 30.4 Å². The predicted molar refractivity (Wildman–Crippen MR) is 77.4 cm³/mol. The monoisotopic (exact) mass is 276 g/mol. The second-order valence-electron chi connectivity index (χ2n) is 4.49. The largest absolute Gasteiger partial charge is 0.310 e. The fourth-order valence-electron chi connectivity index (χ4n) is 1.83. The number of benzene rings is 1. The molecule has 1 aromatic carbocycles. The highest BCUT2D eigenvalue weighted by Gasteiger charge is 2.06. The molecule has 1 N–H and O–H groups in total. The summed E-state index contributed by atoms with van der Waals surface area (Å²) in [6, 6.07) is 11.2. The molecule has 0 amide bonds. The summed E-state index contributed by atoms with van der Waals surface area (Å²) in [6.45, 7) is 2.87. The Bertz CT molecular complexity index is 523. The van der Waals surface area contributed by atoms with Crippen LogP contribution in [0.25, 0.3) is 0 Å². The number of nitro benzene ring substituents is 1. The Morgan fingerprint density at radius 2 is 2.05 bits per heavy atom. The van der Waals surface area contributed by atoms with Crippen molar-refractivity contribution >= 4 is 17.0 Å². The first-order valence-electron chi connectivity index (χ1n) is 6.14. The van der Waals surface area contributed by atoms with Gasteiger partial charge in [0.05, 0.1) is 4.92 Å². The molecule has 1 heterocycles. The minimum absolute atomic E-state index is 0.135. The van der Waals surface area contributed by atoms with Crippen molar-refractivity contribution in [3.05, 3.63) is 62.3 Å². The Labute approximate surface area is 116 Å². The highest BCUT2D eigenvalue weighted by molar-refractivity contribution is 7.09. The second kappa shape index (κ2) is 6.45. The number of nitrogens with one attached hydrogen (secondary N) is 1. The van der Waals surface area contributed by atoms with E-state index in [4.69, 9.17) is 0 Å². The van der Waals surface area contributed by atoms with Gasteiger partial charge in [0.15, 0.2) is 0 Å². The van der Waals surface area contributed by atoms with Gasteiger partial charge in [-0.2, -0.15) is 0 Å². The summed E-state index contributed by atoms with van der Waals surface area (Å²) in [7, 11) is 0. The summed E-state index contributed by atoms with van der Waals surface area (Å²) in [5.41, 5.74) is 1.19. The molecule has 0 saturated heterocycles. The first-order chi connectivity index (χ1) is 9.15. The third kappa shape index (κ3) is 4.15. The molecular weight excluding hydrogens is 260 g/mol. The third-order valence-electron chi connectivity index (χ3n) is 2.89. The van der Waals surface area contributed by atoms with Crippen molar-refractivity contribution in [2.75, 3.05) is 0 Å². The van der Waals surface area contributed by atoms with Crippen molar-refractivity contribution in [3.8, 4) is 0 Å². The van der Waals surface area contributed by atoms with Crippen LogP contribution in [0.1, 0.15) is 17.4 Å². The van der Waals surface area contributed by atoms with Crippen molar-refractivity contribution in [1.82, 2.24) is 5.32 Å². The van der Waals surface area contributed by atoms with Crippen LogP contribution in [0.4, 0.5) is 5.69 Å². The van der Waals surface area contributed by atoms with Crippen molar-refractivity contribution in [1.29, 1.82) is 0 Å². The maximum atomic E-state index is 10.5. The number of thiophene rings is 1. The first-order valence-corrected chi connectivity index (χ1v) is 7.02. The Morgan fingerprint density at radius 1 is 1.32 bits per heavy atom. The van der Waals surface area contributed by atoms with Crippen LogP contribution in [0.15, 0.2) is 41.8 Å². The van der Waals surface area contributed by atoms with E-state index in [2.05, 4.69) is 29.8 Å². The molecule has 100 valence electrons. The molecule has 0 fully saturated rings. The van der Waals surface area contributed by atoms with Gasteiger partial charge in [-0.3, -0.25) is 10.1 Å². The molecule has 19 heavy (non-hydrogen) atoms. The van der Waals surface area contributed by atoms with Gasteiger partial charge in [0, 0.05) is 29.6 Å². The van der Waals surface area contributed by atoms with E-state index in [0.717, 1.165) is 18.5 Å². The van der Waals surface area contributed by atoms with E-state index < -0.39 is 0 Å². The van der Waals surface area contributed by atoms with Crippen molar-refractivity contribution < 1.29 is 4.92 Å². The minimum atomic E-state index is -0.378. The lowest BCUT2D eigenvalue weighted by Crippen LogP contribution is -2.27. The molecule has 0 saturated carbocycles. The Morgan fingerprint density at radius 3 is 2.63 bits per heavy atom. The van der Waals surface area contributed by atoms with Crippen LogP contribution in [-0.2, 0) is 13.0 Å². The molecule has 0 bridgehead atoms. The average Bonchev–Trinajstić information content (AvgIpc) is 2.89. The smallest absolute Gasteiger partial charge is 0.269 e. The SMILES string of the molecule is CC(Cc1cccs1)NCc1ccc([N+](=O)[O-])cc1. The lowest BCUT2D eigenvalue weighted by atomic mass is 10.1. The van der Waals surface area contributed by atoms with E-state index in [-0.39, 0.29) is 10.6 Å². The normalized spacial score (nSPS) is 12.3. The molecule has 0 spiro atoms. The molecule has 4 nitrogen and oxygen atoms in total. The standard InChI is InChI=1S/C14H16N2O2S/c1-11(9-14-3-2-8-19-14)15-10-12-4-6-13(7-5-12)16(17)18/h2-8,11,15H,9-10H2,1H3. The predicted octanol–water partition coefficient (Wildman–Crippen LogP) is 3.38. The molecule has 0 aliphatic rings. The number of nitro groups is 1. The number of hydrogen-bond donors (Lipinski definition) is 1. The molecule has 1 atom stereocenters. The van der Waals surface area contributed by atoms with Crippen molar-refractivity contribution in [2.45, 2.75) is 25.9 Å². The van der Waals surface area contributed by atoms with E-state index in [1.165, 1.54) is 4.88 Å². The van der Waals surface area contributed by atoms with Crippen LogP contribution < -0.4 is 5.32 Å². The molecular formula is C14H16N2O2S. The number of hydrogen-bond acceptors (Lipinski definition) is 4. The summed E-state index contributed by atoms with van der Waals surface area (Å²) < 4.78 is 0. The first kappa shape index (κ1) is 13.7. The van der Waals surface area contributed by atoms with E-state index in [0.29, 0.717) is 6.04 Å². The Balaban J connectivity index is 1.83. The summed E-state index contributed by atoms with van der Waals surface area (Å²) in [4.78, 5) is 11.5. The molecule has 1 aromatic heterocycles. The zero-order chi connectivity index (χ0) is 13.7. The second-order valence-corrected chi connectivity index (χ2v) is 5.52. The van der Waals surface area contributed by atoms with Gasteiger partial charge < -0.3 is 5.32 Å². The van der Waals surface area contributed by atoms with Gasteiger partial charge >= 0.3 is 0 Å². The average molecular weight is 276 g/mol. The summed E-state index contributed by atoms with van der Waals surface area (Å²) in [6.07, 6.45) is 1.00. The van der Waals surface area contributed by atoms with Gasteiger partial charge in [-0.25, -0.2) is 0 Å². The third-order valence-corrected chi connectivity index (χ3v) is 3.79. The van der Waals surface area contributed by atoms with Crippen LogP contribution in [0.5, 0.6) is 0 Å². The van der Waals surface area contributed by atoms with Crippen molar-refractivity contribution in [2.24, 2.45) is 0 Å². The van der Waals surface area contributed by atoms with E-state index in [1.807, 2.05) is 0 Å². The van der Waals surface area contributed by atoms with Gasteiger partial charge in [0.1, 0.15) is 0 Å². The lowest BCUT2D eigenvalue weighted by Gasteiger charge is -2.12. The minimum Gasteiger partial charge on any atom is -0.310 e. The molecule has 5 heteroatoms. The summed E-state index contributed by atoms with van der Waals surface area (Å²) in [5, 5.41) is 16.1. The maximum Gasteiger partial charge on any atom is 0.269 e. The molecule has 1 unspecified atom stereocenters. The molecule has 0 radical (unpaired) electrons. The molecule has 0 aliphatic carbocycles. The Hall–Kier alpha value is -1.72. The fraction of sp³-hybridized carbons (Fsp3) is 0.286. The van der Waals surface area contributed by atoms with E-state index in [9.17, 15) is 10.1 Å². The maximum absolute atomic E-state index is 10.5. The highest BCUT2D eigenvalue weighted by atomic mass is 32.1. The quantitative estimate of drug-likeness (QED) is 0.650. The number of nitrogens with zero attached hydrogens (tertiary/aromatic N) is 1. The van der Waals surface area contributed by atoms with Crippen LogP contribution in [0, 0.1) is 10.1 Å². The van der Waals surface area contributed by atoms with E-state index >= 15 is 0 Å². The summed E-state index contributed by atoms with van der Waals surface area (Å²) in [5.74, 6) is 0. The Kier molecular flexibility index (Phi) is 4.65. The van der Waals surface area contributed by atoms with Crippen LogP contribution in [0.3, 0.4) is 0 Å². The lowest BCUT2D eigenvalue weighted by molar-refractivity contribution is -0.384. The highest BCUT2D eigenvalue weighted by Crippen LogP contribution is 2.13.